The zero-order chi connectivity index (χ0) is 13.1. The molecule has 1 aliphatic rings. The van der Waals surface area contributed by atoms with Crippen LogP contribution in [0.15, 0.2) is 18.2 Å². The van der Waals surface area contributed by atoms with Crippen LogP contribution in [0.2, 0.25) is 0 Å². The van der Waals surface area contributed by atoms with Crippen LogP contribution in [0.3, 0.4) is 0 Å². The van der Waals surface area contributed by atoms with Crippen molar-refractivity contribution in [3.05, 3.63) is 18.2 Å². The van der Waals surface area contributed by atoms with E-state index in [-0.39, 0.29) is 5.92 Å². The van der Waals surface area contributed by atoms with Crippen molar-refractivity contribution in [1.82, 2.24) is 0 Å². The molecule has 1 heterocycles. The third kappa shape index (κ3) is 2.50. The van der Waals surface area contributed by atoms with E-state index < -0.39 is 5.97 Å². The lowest BCUT2D eigenvalue weighted by Gasteiger charge is -2.19. The lowest BCUT2D eigenvalue weighted by Crippen LogP contribution is -2.22. The van der Waals surface area contributed by atoms with Gasteiger partial charge in [0.1, 0.15) is 11.5 Å². The largest absolute Gasteiger partial charge is 0.497 e. The van der Waals surface area contributed by atoms with E-state index in [9.17, 15) is 4.79 Å². The molecule has 5 heteroatoms. The minimum absolute atomic E-state index is 0.290. The zero-order valence-electron chi connectivity index (χ0n) is 10.5. The summed E-state index contributed by atoms with van der Waals surface area (Å²) < 4.78 is 10.4. The highest BCUT2D eigenvalue weighted by Gasteiger charge is 2.28. The van der Waals surface area contributed by atoms with E-state index >= 15 is 0 Å². The van der Waals surface area contributed by atoms with Crippen LogP contribution in [0.25, 0.3) is 0 Å². The first-order valence-electron chi connectivity index (χ1n) is 5.85. The fraction of sp³-hybridized carbons (Fsp3) is 0.462. The van der Waals surface area contributed by atoms with Gasteiger partial charge in [0.2, 0.25) is 0 Å². The van der Waals surface area contributed by atoms with Gasteiger partial charge in [-0.05, 0) is 6.42 Å². The summed E-state index contributed by atoms with van der Waals surface area (Å²) in [5.74, 6) is 0.404. The minimum Gasteiger partial charge on any atom is -0.497 e. The van der Waals surface area contributed by atoms with Gasteiger partial charge in [0.15, 0.2) is 0 Å². The summed E-state index contributed by atoms with van der Waals surface area (Å²) in [7, 11) is 3.20. The fourth-order valence-electron chi connectivity index (χ4n) is 2.17. The predicted octanol–water partition coefficient (Wildman–Crippen LogP) is 1.61. The van der Waals surface area contributed by atoms with Crippen LogP contribution in [0.1, 0.15) is 6.42 Å². The number of carbonyl (C=O) groups is 1. The number of aliphatic carboxylic acids is 1. The average molecular weight is 251 g/mol. The Morgan fingerprint density at radius 3 is 2.33 bits per heavy atom. The summed E-state index contributed by atoms with van der Waals surface area (Å²) in [5, 5.41) is 9.00. The van der Waals surface area contributed by atoms with Crippen molar-refractivity contribution in [3.8, 4) is 11.5 Å². The van der Waals surface area contributed by atoms with Gasteiger partial charge in [0.25, 0.3) is 0 Å². The lowest BCUT2D eigenvalue weighted by molar-refractivity contribution is -0.140. The van der Waals surface area contributed by atoms with Crippen molar-refractivity contribution < 1.29 is 19.4 Å². The Hall–Kier alpha value is -1.91. The monoisotopic (exact) mass is 251 g/mol. The molecule has 0 aliphatic carbocycles. The number of nitrogens with zero attached hydrogens (tertiary/aromatic N) is 1. The van der Waals surface area contributed by atoms with Crippen LogP contribution < -0.4 is 14.4 Å². The third-order valence-corrected chi connectivity index (χ3v) is 3.24. The summed E-state index contributed by atoms with van der Waals surface area (Å²) in [6.07, 6.45) is 0.675. The smallest absolute Gasteiger partial charge is 0.308 e. The minimum atomic E-state index is -0.729. The molecule has 1 aliphatic heterocycles. The summed E-state index contributed by atoms with van der Waals surface area (Å²) in [4.78, 5) is 13.0. The van der Waals surface area contributed by atoms with Gasteiger partial charge in [-0.1, -0.05) is 0 Å². The van der Waals surface area contributed by atoms with Gasteiger partial charge in [0.05, 0.1) is 20.1 Å². The quantitative estimate of drug-likeness (QED) is 0.881. The molecule has 2 rings (SSSR count). The molecule has 0 bridgehead atoms. The van der Waals surface area contributed by atoms with E-state index in [4.69, 9.17) is 14.6 Å². The number of ether oxygens (including phenoxy) is 2. The van der Waals surface area contributed by atoms with E-state index in [1.807, 2.05) is 17.0 Å². The van der Waals surface area contributed by atoms with Gasteiger partial charge in [0, 0.05) is 37.0 Å². The van der Waals surface area contributed by atoms with Crippen molar-refractivity contribution in [2.75, 3.05) is 32.2 Å². The SMILES string of the molecule is COc1cc(OC)cc(N2CCC(C(=O)O)C2)c1. The van der Waals surface area contributed by atoms with Crippen LogP contribution in [-0.2, 0) is 4.79 Å². The molecule has 18 heavy (non-hydrogen) atoms. The maximum absolute atomic E-state index is 10.9. The Labute approximate surface area is 106 Å². The molecule has 1 aromatic rings. The molecular weight excluding hydrogens is 234 g/mol. The molecule has 5 nitrogen and oxygen atoms in total. The highest BCUT2D eigenvalue weighted by atomic mass is 16.5. The van der Waals surface area contributed by atoms with E-state index in [2.05, 4.69) is 0 Å². The molecule has 98 valence electrons. The predicted molar refractivity (Wildman–Crippen MR) is 67.5 cm³/mol. The maximum atomic E-state index is 10.9. The second-order valence-corrected chi connectivity index (χ2v) is 4.34. The highest BCUT2D eigenvalue weighted by Crippen LogP contribution is 2.31. The Bertz CT molecular complexity index is 424. The van der Waals surface area contributed by atoms with Gasteiger partial charge in [-0.3, -0.25) is 4.79 Å². The Morgan fingerprint density at radius 2 is 1.89 bits per heavy atom. The molecule has 0 spiro atoms. The van der Waals surface area contributed by atoms with Crippen molar-refractivity contribution in [2.45, 2.75) is 6.42 Å². The molecule has 1 fully saturated rings. The molecule has 0 radical (unpaired) electrons. The van der Waals surface area contributed by atoms with Crippen molar-refractivity contribution in [3.63, 3.8) is 0 Å². The third-order valence-electron chi connectivity index (χ3n) is 3.24. The first kappa shape index (κ1) is 12.5. The molecule has 1 saturated heterocycles. The Morgan fingerprint density at radius 1 is 1.28 bits per heavy atom. The number of carboxylic acids is 1. The molecular formula is C13H17NO4. The van der Waals surface area contributed by atoms with Crippen molar-refractivity contribution >= 4 is 11.7 Å². The van der Waals surface area contributed by atoms with Gasteiger partial charge < -0.3 is 19.5 Å². The molecule has 0 amide bonds. The molecule has 1 N–H and O–H groups in total. The average Bonchev–Trinajstić information content (AvgIpc) is 2.87. The standard InChI is InChI=1S/C13H17NO4/c1-17-11-5-10(6-12(7-11)18-2)14-4-3-9(8-14)13(15)16/h5-7,9H,3-4,8H2,1-2H3,(H,15,16). The molecule has 1 aromatic carbocycles. The number of anilines is 1. The zero-order valence-corrected chi connectivity index (χ0v) is 10.5. The van der Waals surface area contributed by atoms with Crippen LogP contribution >= 0.6 is 0 Å². The topological polar surface area (TPSA) is 59.0 Å². The van der Waals surface area contributed by atoms with Crippen LogP contribution in [0.4, 0.5) is 5.69 Å². The summed E-state index contributed by atoms with van der Waals surface area (Å²) in [6, 6.07) is 5.59. The number of methoxy groups -OCH3 is 2. The first-order chi connectivity index (χ1) is 8.63. The maximum Gasteiger partial charge on any atom is 0.308 e. The van der Waals surface area contributed by atoms with E-state index in [0.717, 1.165) is 12.2 Å². The van der Waals surface area contributed by atoms with E-state index in [1.54, 1.807) is 20.3 Å². The number of rotatable bonds is 4. The number of benzene rings is 1. The van der Waals surface area contributed by atoms with E-state index in [1.165, 1.54) is 0 Å². The van der Waals surface area contributed by atoms with Gasteiger partial charge >= 0.3 is 5.97 Å². The van der Waals surface area contributed by atoms with Gasteiger partial charge in [-0.2, -0.15) is 0 Å². The number of hydrogen-bond donors (Lipinski definition) is 1. The molecule has 1 atom stereocenters. The summed E-state index contributed by atoms with van der Waals surface area (Å²) in [5.41, 5.74) is 0.940. The van der Waals surface area contributed by atoms with Crippen LogP contribution in [0, 0.1) is 5.92 Å². The number of hydrogen-bond acceptors (Lipinski definition) is 4. The van der Waals surface area contributed by atoms with Crippen LogP contribution in [0.5, 0.6) is 11.5 Å². The second-order valence-electron chi connectivity index (χ2n) is 4.34. The van der Waals surface area contributed by atoms with Gasteiger partial charge in [-0.15, -0.1) is 0 Å². The molecule has 1 unspecified atom stereocenters. The highest BCUT2D eigenvalue weighted by molar-refractivity contribution is 5.72. The summed E-state index contributed by atoms with van der Waals surface area (Å²) >= 11 is 0. The molecule has 0 saturated carbocycles. The normalized spacial score (nSPS) is 18.8. The van der Waals surface area contributed by atoms with Crippen molar-refractivity contribution in [1.29, 1.82) is 0 Å². The second kappa shape index (κ2) is 5.16. The Kier molecular flexibility index (Phi) is 3.60. The first-order valence-corrected chi connectivity index (χ1v) is 5.85. The van der Waals surface area contributed by atoms with Gasteiger partial charge in [-0.25, -0.2) is 0 Å². The lowest BCUT2D eigenvalue weighted by atomic mass is 10.1. The van der Waals surface area contributed by atoms with Crippen LogP contribution in [-0.4, -0.2) is 38.4 Å². The summed E-state index contributed by atoms with van der Waals surface area (Å²) in [6.45, 7) is 1.28. The number of carboxylic acid groups (broad SMARTS) is 1. The van der Waals surface area contributed by atoms with Crippen molar-refractivity contribution in [2.24, 2.45) is 5.92 Å². The fourth-order valence-corrected chi connectivity index (χ4v) is 2.17. The molecule has 0 aromatic heterocycles. The Balaban J connectivity index is 2.20. The van der Waals surface area contributed by atoms with E-state index in [0.29, 0.717) is 24.5 Å².